The van der Waals surface area contributed by atoms with Crippen molar-refractivity contribution in [3.05, 3.63) is 0 Å². The molecule has 0 saturated carbocycles. The van der Waals surface area contributed by atoms with Crippen molar-refractivity contribution in [2.45, 2.75) is 128 Å². The zero-order valence-electron chi connectivity index (χ0n) is 18.8. The number of aliphatic hydroxyl groups is 2. The van der Waals surface area contributed by atoms with Crippen LogP contribution in [0.25, 0.3) is 0 Å². The number of hydrogen-bond acceptors (Lipinski definition) is 5. The standard InChI is InChI=1S/C23H45O5P/c1-3-5-7-9-11-13-15-17-20(25)23(28-29,22(27)19-24)21(26)18-16-14-12-10-8-6-4-2/h22,24,27H,3-19,29H2,1-2H3. The summed E-state index contributed by atoms with van der Waals surface area (Å²) in [5, 5.41) is 19.7. The molecule has 0 aliphatic rings. The van der Waals surface area contributed by atoms with Crippen molar-refractivity contribution in [1.29, 1.82) is 0 Å². The highest BCUT2D eigenvalue weighted by Gasteiger charge is 2.50. The SMILES string of the molecule is CCCCCCCCCC(=O)C(OP)(C(=O)CCCCCCCCC)C(O)CO. The minimum Gasteiger partial charge on any atom is -0.394 e. The van der Waals surface area contributed by atoms with E-state index in [-0.39, 0.29) is 12.8 Å². The maximum Gasteiger partial charge on any atom is 0.215 e. The summed E-state index contributed by atoms with van der Waals surface area (Å²) in [5.74, 6) is -0.842. The van der Waals surface area contributed by atoms with Crippen LogP contribution in [0, 0.1) is 0 Å². The molecule has 29 heavy (non-hydrogen) atoms. The quantitative estimate of drug-likeness (QED) is 0.146. The van der Waals surface area contributed by atoms with Gasteiger partial charge < -0.3 is 14.7 Å². The van der Waals surface area contributed by atoms with E-state index in [9.17, 15) is 19.8 Å². The third-order valence-corrected chi connectivity index (χ3v) is 6.04. The highest BCUT2D eigenvalue weighted by Crippen LogP contribution is 2.28. The molecule has 0 aromatic heterocycles. The van der Waals surface area contributed by atoms with E-state index in [1.807, 2.05) is 9.47 Å². The summed E-state index contributed by atoms with van der Waals surface area (Å²) in [6.07, 6.45) is 13.8. The van der Waals surface area contributed by atoms with Gasteiger partial charge in [0.15, 0.2) is 11.6 Å². The van der Waals surface area contributed by atoms with E-state index in [4.69, 9.17) is 4.52 Å². The van der Waals surface area contributed by atoms with Crippen LogP contribution >= 0.6 is 9.47 Å². The van der Waals surface area contributed by atoms with Crippen LogP contribution in [0.4, 0.5) is 0 Å². The molecule has 2 N–H and O–H groups in total. The van der Waals surface area contributed by atoms with E-state index in [1.165, 1.54) is 38.5 Å². The number of ketones is 2. The summed E-state index contributed by atoms with van der Waals surface area (Å²) >= 11 is 0. The van der Waals surface area contributed by atoms with Crippen molar-refractivity contribution >= 4 is 21.0 Å². The Hall–Kier alpha value is -0.350. The second-order valence-electron chi connectivity index (χ2n) is 8.14. The smallest absolute Gasteiger partial charge is 0.215 e. The van der Waals surface area contributed by atoms with Gasteiger partial charge in [0.25, 0.3) is 0 Å². The molecule has 0 radical (unpaired) electrons. The first-order chi connectivity index (χ1) is 14.0. The Balaban J connectivity index is 4.58. The van der Waals surface area contributed by atoms with Crippen LogP contribution in [0.3, 0.4) is 0 Å². The van der Waals surface area contributed by atoms with Gasteiger partial charge >= 0.3 is 0 Å². The molecule has 2 unspecified atom stereocenters. The lowest BCUT2D eigenvalue weighted by atomic mass is 9.82. The largest absolute Gasteiger partial charge is 0.394 e. The zero-order valence-corrected chi connectivity index (χ0v) is 19.9. The van der Waals surface area contributed by atoms with E-state index < -0.39 is 29.9 Å². The van der Waals surface area contributed by atoms with Crippen LogP contribution < -0.4 is 0 Å². The predicted octanol–water partition coefficient (Wildman–Crippen LogP) is 5.30. The Kier molecular flexibility index (Phi) is 18.2. The summed E-state index contributed by atoms with van der Waals surface area (Å²) in [6, 6.07) is 0. The molecule has 0 spiro atoms. The van der Waals surface area contributed by atoms with E-state index in [1.54, 1.807) is 0 Å². The van der Waals surface area contributed by atoms with Gasteiger partial charge in [0.1, 0.15) is 6.10 Å². The summed E-state index contributed by atoms with van der Waals surface area (Å²) in [6.45, 7) is 3.67. The van der Waals surface area contributed by atoms with Gasteiger partial charge in [-0.3, -0.25) is 9.59 Å². The average Bonchev–Trinajstić information content (AvgIpc) is 2.73. The summed E-state index contributed by atoms with van der Waals surface area (Å²) in [5.41, 5.74) is -1.95. The van der Waals surface area contributed by atoms with Crippen LogP contribution in [-0.4, -0.2) is 40.1 Å². The Labute approximate surface area is 180 Å². The van der Waals surface area contributed by atoms with Gasteiger partial charge in [0, 0.05) is 22.3 Å². The minimum atomic E-state index is -1.95. The van der Waals surface area contributed by atoms with Gasteiger partial charge in [-0.2, -0.15) is 0 Å². The molecule has 172 valence electrons. The zero-order chi connectivity index (χ0) is 22.0. The molecule has 0 aliphatic carbocycles. The molecule has 0 fully saturated rings. The Morgan fingerprint density at radius 1 is 0.759 bits per heavy atom. The lowest BCUT2D eigenvalue weighted by Gasteiger charge is -2.33. The third-order valence-electron chi connectivity index (χ3n) is 5.67. The van der Waals surface area contributed by atoms with Crippen molar-refractivity contribution in [1.82, 2.24) is 0 Å². The van der Waals surface area contributed by atoms with Crippen LogP contribution in [-0.2, 0) is 14.1 Å². The molecular weight excluding hydrogens is 387 g/mol. The number of carbonyl (C=O) groups is 2. The fraction of sp³-hybridized carbons (Fsp3) is 0.913. The molecular formula is C23H45O5P. The molecule has 0 rings (SSSR count). The summed E-state index contributed by atoms with van der Waals surface area (Å²) < 4.78 is 5.24. The van der Waals surface area contributed by atoms with Crippen LogP contribution in [0.1, 0.15) is 117 Å². The van der Waals surface area contributed by atoms with Crippen LogP contribution in [0.15, 0.2) is 0 Å². The predicted molar refractivity (Wildman–Crippen MR) is 122 cm³/mol. The van der Waals surface area contributed by atoms with Crippen LogP contribution in [0.5, 0.6) is 0 Å². The van der Waals surface area contributed by atoms with Crippen molar-refractivity contribution < 1.29 is 24.3 Å². The minimum absolute atomic E-state index is 0.183. The fourth-order valence-corrected chi connectivity index (χ4v) is 4.14. The summed E-state index contributed by atoms with van der Waals surface area (Å²) in [4.78, 5) is 25.7. The van der Waals surface area contributed by atoms with Crippen LogP contribution in [0.2, 0.25) is 0 Å². The third kappa shape index (κ3) is 11.0. The molecule has 0 aromatic rings. The number of hydrogen-bond donors (Lipinski definition) is 2. The molecule has 0 amide bonds. The van der Waals surface area contributed by atoms with E-state index >= 15 is 0 Å². The number of aliphatic hydroxyl groups excluding tert-OH is 2. The molecule has 6 heteroatoms. The second-order valence-corrected chi connectivity index (χ2v) is 8.38. The molecule has 0 bridgehead atoms. The van der Waals surface area contributed by atoms with Gasteiger partial charge in [-0.15, -0.1) is 0 Å². The topological polar surface area (TPSA) is 83.8 Å². The highest BCUT2D eigenvalue weighted by atomic mass is 31.0. The second kappa shape index (κ2) is 18.4. The Morgan fingerprint density at radius 3 is 1.41 bits per heavy atom. The van der Waals surface area contributed by atoms with E-state index in [0.717, 1.165) is 38.5 Å². The van der Waals surface area contributed by atoms with Crippen molar-refractivity contribution in [2.75, 3.05) is 6.61 Å². The number of carbonyl (C=O) groups excluding carboxylic acids is 2. The lowest BCUT2D eigenvalue weighted by molar-refractivity contribution is -0.160. The first kappa shape index (κ1) is 28.6. The van der Waals surface area contributed by atoms with Gasteiger partial charge in [0.2, 0.25) is 5.60 Å². The maximum atomic E-state index is 12.9. The van der Waals surface area contributed by atoms with Crippen molar-refractivity contribution in [3.8, 4) is 0 Å². The van der Waals surface area contributed by atoms with Gasteiger partial charge in [0.05, 0.1) is 6.61 Å². The monoisotopic (exact) mass is 432 g/mol. The fourth-order valence-electron chi connectivity index (χ4n) is 3.72. The highest BCUT2D eigenvalue weighted by molar-refractivity contribution is 7.10. The average molecular weight is 433 g/mol. The van der Waals surface area contributed by atoms with E-state index in [2.05, 4.69) is 13.8 Å². The number of rotatable bonds is 21. The molecule has 0 heterocycles. The Bertz CT molecular complexity index is 397. The number of unbranched alkanes of at least 4 members (excludes halogenated alkanes) is 12. The van der Waals surface area contributed by atoms with Gasteiger partial charge in [-0.05, 0) is 12.8 Å². The normalized spacial score (nSPS) is 12.9. The Morgan fingerprint density at radius 2 is 1.10 bits per heavy atom. The molecule has 5 nitrogen and oxygen atoms in total. The van der Waals surface area contributed by atoms with Gasteiger partial charge in [-0.25, -0.2) is 0 Å². The van der Waals surface area contributed by atoms with Crippen molar-refractivity contribution in [2.24, 2.45) is 0 Å². The first-order valence-electron chi connectivity index (χ1n) is 11.7. The molecule has 2 atom stereocenters. The van der Waals surface area contributed by atoms with E-state index in [0.29, 0.717) is 12.8 Å². The van der Waals surface area contributed by atoms with Gasteiger partial charge in [-0.1, -0.05) is 90.9 Å². The van der Waals surface area contributed by atoms with Crippen molar-refractivity contribution in [3.63, 3.8) is 0 Å². The maximum absolute atomic E-state index is 12.9. The lowest BCUT2D eigenvalue weighted by Crippen LogP contribution is -2.57. The first-order valence-corrected chi connectivity index (χ1v) is 12.2. The molecule has 0 saturated heterocycles. The molecule has 0 aromatic carbocycles. The summed E-state index contributed by atoms with van der Waals surface area (Å²) in [7, 11) is 1.96. The number of Topliss-reactive ketones (excluding diaryl/α,β-unsaturated/α-hetero) is 2. The molecule has 0 aliphatic heterocycles.